The number of halogens is 1. The van der Waals surface area contributed by atoms with Gasteiger partial charge in [-0.05, 0) is 44.0 Å². The zero-order valence-electron chi connectivity index (χ0n) is 13.9. The molecule has 2 aromatic rings. The van der Waals surface area contributed by atoms with E-state index in [2.05, 4.69) is 5.32 Å². The smallest absolute Gasteiger partial charge is 0.341 e. The molecule has 1 heterocycles. The fraction of sp³-hybridized carbons (Fsp3) is 0.294. The van der Waals surface area contributed by atoms with Crippen LogP contribution in [-0.2, 0) is 9.53 Å². The van der Waals surface area contributed by atoms with Crippen LogP contribution in [0.3, 0.4) is 0 Å². The molecule has 7 heteroatoms. The van der Waals surface area contributed by atoms with E-state index in [1.807, 2.05) is 26.8 Å². The standard InChI is InChI=1S/C17H18ClNO4S/c1-9-5-6-12(18)13(7-9)23-8-14(20)19-16-15(17(21)22-4)10(2)11(3)24-16/h5-7H,8H2,1-4H3,(H,19,20). The van der Waals surface area contributed by atoms with Gasteiger partial charge in [-0.3, -0.25) is 4.79 Å². The molecule has 1 amide bonds. The van der Waals surface area contributed by atoms with Gasteiger partial charge in [-0.25, -0.2) is 4.79 Å². The van der Waals surface area contributed by atoms with E-state index in [0.29, 0.717) is 21.3 Å². The van der Waals surface area contributed by atoms with Crippen LogP contribution in [0.5, 0.6) is 5.75 Å². The molecule has 128 valence electrons. The lowest BCUT2D eigenvalue weighted by molar-refractivity contribution is -0.118. The summed E-state index contributed by atoms with van der Waals surface area (Å²) in [7, 11) is 1.31. The van der Waals surface area contributed by atoms with Crippen LogP contribution in [0.15, 0.2) is 18.2 Å². The number of hydrogen-bond donors (Lipinski definition) is 1. The predicted octanol–water partition coefficient (Wildman–Crippen LogP) is 4.13. The maximum absolute atomic E-state index is 12.1. The average Bonchev–Trinajstić information content (AvgIpc) is 2.81. The van der Waals surface area contributed by atoms with Gasteiger partial charge in [0.1, 0.15) is 10.8 Å². The molecule has 0 saturated heterocycles. The van der Waals surface area contributed by atoms with Gasteiger partial charge in [0, 0.05) is 4.88 Å². The minimum Gasteiger partial charge on any atom is -0.482 e. The van der Waals surface area contributed by atoms with Crippen LogP contribution in [-0.4, -0.2) is 25.6 Å². The predicted molar refractivity (Wildman–Crippen MR) is 95.4 cm³/mol. The van der Waals surface area contributed by atoms with Crippen LogP contribution < -0.4 is 10.1 Å². The minimum absolute atomic E-state index is 0.209. The zero-order chi connectivity index (χ0) is 17.9. The van der Waals surface area contributed by atoms with E-state index in [1.54, 1.807) is 12.1 Å². The van der Waals surface area contributed by atoms with Crippen molar-refractivity contribution in [1.82, 2.24) is 0 Å². The molecular formula is C17H18ClNO4S. The molecule has 0 aliphatic rings. The fourth-order valence-corrected chi connectivity index (χ4v) is 3.33. The second-order valence-corrected chi connectivity index (χ2v) is 6.88. The van der Waals surface area contributed by atoms with E-state index < -0.39 is 5.97 Å². The Labute approximate surface area is 149 Å². The van der Waals surface area contributed by atoms with Crippen molar-refractivity contribution in [1.29, 1.82) is 0 Å². The van der Waals surface area contributed by atoms with E-state index in [4.69, 9.17) is 21.1 Å². The van der Waals surface area contributed by atoms with Crippen molar-refractivity contribution in [3.63, 3.8) is 0 Å². The molecule has 0 aliphatic carbocycles. The first-order valence-electron chi connectivity index (χ1n) is 7.20. The third kappa shape index (κ3) is 4.07. The number of amides is 1. The van der Waals surface area contributed by atoms with Gasteiger partial charge in [-0.15, -0.1) is 11.3 Å². The van der Waals surface area contributed by atoms with Crippen LogP contribution in [0.25, 0.3) is 0 Å². The summed E-state index contributed by atoms with van der Waals surface area (Å²) in [6.07, 6.45) is 0. The number of esters is 1. The third-order valence-corrected chi connectivity index (χ3v) is 4.91. The number of anilines is 1. The topological polar surface area (TPSA) is 64.6 Å². The third-order valence-electron chi connectivity index (χ3n) is 3.47. The van der Waals surface area contributed by atoms with Crippen molar-refractivity contribution >= 4 is 39.8 Å². The molecule has 0 atom stereocenters. The first-order valence-corrected chi connectivity index (χ1v) is 8.40. The number of aryl methyl sites for hydroxylation is 2. The van der Waals surface area contributed by atoms with E-state index in [-0.39, 0.29) is 12.5 Å². The summed E-state index contributed by atoms with van der Waals surface area (Å²) in [6, 6.07) is 5.33. The van der Waals surface area contributed by atoms with Crippen LogP contribution in [0.4, 0.5) is 5.00 Å². The van der Waals surface area contributed by atoms with Gasteiger partial charge in [0.05, 0.1) is 17.7 Å². The summed E-state index contributed by atoms with van der Waals surface area (Å²) in [5.74, 6) is -0.410. The van der Waals surface area contributed by atoms with Crippen molar-refractivity contribution in [2.45, 2.75) is 20.8 Å². The Morgan fingerprint density at radius 2 is 1.96 bits per heavy atom. The molecular weight excluding hydrogens is 350 g/mol. The lowest BCUT2D eigenvalue weighted by Crippen LogP contribution is -2.21. The number of benzene rings is 1. The van der Waals surface area contributed by atoms with Gasteiger partial charge in [-0.2, -0.15) is 0 Å². The highest BCUT2D eigenvalue weighted by Gasteiger charge is 2.21. The average molecular weight is 368 g/mol. The summed E-state index contributed by atoms with van der Waals surface area (Å²) >= 11 is 7.36. The highest BCUT2D eigenvalue weighted by Crippen LogP contribution is 2.33. The molecule has 1 aromatic heterocycles. The van der Waals surface area contributed by atoms with Crippen molar-refractivity contribution in [3.8, 4) is 5.75 Å². The Morgan fingerprint density at radius 1 is 1.25 bits per heavy atom. The summed E-state index contributed by atoms with van der Waals surface area (Å²) in [4.78, 5) is 25.0. The normalized spacial score (nSPS) is 10.4. The van der Waals surface area contributed by atoms with E-state index in [9.17, 15) is 9.59 Å². The first kappa shape index (κ1) is 18.3. The van der Waals surface area contributed by atoms with Crippen LogP contribution in [0.1, 0.15) is 26.4 Å². The number of hydrogen-bond acceptors (Lipinski definition) is 5. The molecule has 0 fully saturated rings. The zero-order valence-corrected chi connectivity index (χ0v) is 15.4. The lowest BCUT2D eigenvalue weighted by atomic mass is 10.1. The highest BCUT2D eigenvalue weighted by molar-refractivity contribution is 7.16. The van der Waals surface area contributed by atoms with Crippen molar-refractivity contribution in [2.24, 2.45) is 0 Å². The second-order valence-electron chi connectivity index (χ2n) is 5.25. The largest absolute Gasteiger partial charge is 0.482 e. The fourth-order valence-electron chi connectivity index (χ4n) is 2.09. The molecule has 0 radical (unpaired) electrons. The first-order chi connectivity index (χ1) is 11.3. The molecule has 2 rings (SSSR count). The SMILES string of the molecule is COC(=O)c1c(NC(=O)COc2cc(C)ccc2Cl)sc(C)c1C. The van der Waals surface area contributed by atoms with E-state index in [0.717, 1.165) is 16.0 Å². The van der Waals surface area contributed by atoms with Crippen LogP contribution in [0.2, 0.25) is 5.02 Å². The van der Waals surface area contributed by atoms with Gasteiger partial charge >= 0.3 is 5.97 Å². The summed E-state index contributed by atoms with van der Waals surface area (Å²) in [5, 5.41) is 3.60. The minimum atomic E-state index is -0.477. The number of thiophene rings is 1. The van der Waals surface area contributed by atoms with Gasteiger partial charge in [0.15, 0.2) is 6.61 Å². The van der Waals surface area contributed by atoms with E-state index >= 15 is 0 Å². The maximum Gasteiger partial charge on any atom is 0.341 e. The van der Waals surface area contributed by atoms with Crippen LogP contribution >= 0.6 is 22.9 Å². The molecule has 24 heavy (non-hydrogen) atoms. The Balaban J connectivity index is 2.09. The highest BCUT2D eigenvalue weighted by atomic mass is 35.5. The summed E-state index contributed by atoms with van der Waals surface area (Å²) in [5.41, 5.74) is 2.15. The molecule has 5 nitrogen and oxygen atoms in total. The Hall–Kier alpha value is -2.05. The molecule has 0 saturated carbocycles. The monoisotopic (exact) mass is 367 g/mol. The molecule has 1 aromatic carbocycles. The van der Waals surface area contributed by atoms with Crippen molar-refractivity contribution < 1.29 is 19.1 Å². The Kier molecular flexibility index (Phi) is 5.85. The maximum atomic E-state index is 12.1. The Morgan fingerprint density at radius 3 is 2.62 bits per heavy atom. The number of nitrogens with one attached hydrogen (secondary N) is 1. The Bertz CT molecular complexity index is 785. The molecule has 0 unspecified atom stereocenters. The van der Waals surface area contributed by atoms with Gasteiger partial charge < -0.3 is 14.8 Å². The van der Waals surface area contributed by atoms with E-state index in [1.165, 1.54) is 18.4 Å². The van der Waals surface area contributed by atoms with Gasteiger partial charge in [0.25, 0.3) is 5.91 Å². The number of methoxy groups -OCH3 is 1. The van der Waals surface area contributed by atoms with Gasteiger partial charge in [0.2, 0.25) is 0 Å². The summed E-state index contributed by atoms with van der Waals surface area (Å²) in [6.45, 7) is 5.39. The molecule has 0 aliphatic heterocycles. The number of ether oxygens (including phenoxy) is 2. The number of carbonyl (C=O) groups excluding carboxylic acids is 2. The molecule has 1 N–H and O–H groups in total. The number of carbonyl (C=O) groups is 2. The molecule has 0 spiro atoms. The van der Waals surface area contributed by atoms with Crippen LogP contribution in [0, 0.1) is 20.8 Å². The van der Waals surface area contributed by atoms with Gasteiger partial charge in [-0.1, -0.05) is 17.7 Å². The quantitative estimate of drug-likeness (QED) is 0.807. The summed E-state index contributed by atoms with van der Waals surface area (Å²) < 4.78 is 10.2. The van der Waals surface area contributed by atoms with Crippen molar-refractivity contribution in [3.05, 3.63) is 44.8 Å². The second kappa shape index (κ2) is 7.68. The molecule has 0 bridgehead atoms. The number of rotatable bonds is 5. The van der Waals surface area contributed by atoms with Crippen molar-refractivity contribution in [2.75, 3.05) is 19.0 Å². The lowest BCUT2D eigenvalue weighted by Gasteiger charge is -2.09.